The summed E-state index contributed by atoms with van der Waals surface area (Å²) >= 11 is 5.53. The molecule has 0 aromatic heterocycles. The summed E-state index contributed by atoms with van der Waals surface area (Å²) in [6, 6.07) is 0.468. The van der Waals surface area contributed by atoms with Crippen LogP contribution >= 0.6 is 31.9 Å². The summed E-state index contributed by atoms with van der Waals surface area (Å²) < 4.78 is 83.0. The maximum atomic E-state index is 14.2. The van der Waals surface area contributed by atoms with Gasteiger partial charge in [0.15, 0.2) is 0 Å². The van der Waals surface area contributed by atoms with Gasteiger partial charge < -0.3 is 0 Å². The standard InChI is InChI=1S/C15H6Br2F6O/c16-3-5-7(18)1-9(20)11(13(5)22)15(24)12-10(21)2-8(19)6(4-17)14(12)23/h1-2H,3-4H2. The Hall–Kier alpha value is -1.35. The summed E-state index contributed by atoms with van der Waals surface area (Å²) in [7, 11) is 0. The number of hydrogen-bond donors (Lipinski definition) is 0. The van der Waals surface area contributed by atoms with Crippen molar-refractivity contribution in [3.63, 3.8) is 0 Å². The molecule has 0 amide bonds. The second kappa shape index (κ2) is 7.26. The number of hydrogen-bond acceptors (Lipinski definition) is 1. The SMILES string of the molecule is O=C(c1c(F)cc(F)c(CBr)c1F)c1c(F)cc(F)c(CBr)c1F. The number of carbonyl (C=O) groups is 1. The van der Waals surface area contributed by atoms with Crippen LogP contribution in [0.1, 0.15) is 27.0 Å². The predicted octanol–water partition coefficient (Wildman–Crippen LogP) is 5.54. The van der Waals surface area contributed by atoms with E-state index in [2.05, 4.69) is 31.9 Å². The average molecular weight is 476 g/mol. The number of rotatable bonds is 4. The first-order valence-corrected chi connectivity index (χ1v) is 8.48. The van der Waals surface area contributed by atoms with Crippen molar-refractivity contribution in [2.24, 2.45) is 0 Å². The topological polar surface area (TPSA) is 17.1 Å². The summed E-state index contributed by atoms with van der Waals surface area (Å²) in [5, 5.41) is -0.793. The fraction of sp³-hybridized carbons (Fsp3) is 0.133. The molecule has 0 saturated heterocycles. The van der Waals surface area contributed by atoms with Crippen LogP contribution in [0.15, 0.2) is 12.1 Å². The fourth-order valence-electron chi connectivity index (χ4n) is 2.05. The molecule has 2 aromatic carbocycles. The molecule has 24 heavy (non-hydrogen) atoms. The molecule has 0 atom stereocenters. The molecule has 2 rings (SSSR count). The highest BCUT2D eigenvalue weighted by atomic mass is 79.9. The lowest BCUT2D eigenvalue weighted by atomic mass is 9.97. The van der Waals surface area contributed by atoms with Crippen LogP contribution in [0, 0.1) is 34.9 Å². The number of halogens is 8. The number of benzene rings is 2. The van der Waals surface area contributed by atoms with Crippen LogP contribution in [0.2, 0.25) is 0 Å². The zero-order valence-electron chi connectivity index (χ0n) is 11.5. The van der Waals surface area contributed by atoms with Crippen LogP contribution in [-0.4, -0.2) is 5.78 Å². The van der Waals surface area contributed by atoms with E-state index in [1.807, 2.05) is 0 Å². The Morgan fingerprint density at radius 3 is 1.33 bits per heavy atom. The zero-order valence-corrected chi connectivity index (χ0v) is 14.7. The zero-order chi connectivity index (χ0) is 18.2. The van der Waals surface area contributed by atoms with E-state index in [9.17, 15) is 31.1 Å². The molecule has 128 valence electrons. The van der Waals surface area contributed by atoms with Gasteiger partial charge in [-0.15, -0.1) is 0 Å². The average Bonchev–Trinajstić information content (AvgIpc) is 2.46. The maximum Gasteiger partial charge on any atom is 0.204 e. The molecule has 0 N–H and O–H groups in total. The molecular weight excluding hydrogens is 470 g/mol. The molecule has 0 heterocycles. The fourth-order valence-corrected chi connectivity index (χ4v) is 3.08. The highest BCUT2D eigenvalue weighted by Crippen LogP contribution is 2.29. The van der Waals surface area contributed by atoms with Crippen molar-refractivity contribution < 1.29 is 31.1 Å². The molecule has 0 saturated carbocycles. The lowest BCUT2D eigenvalue weighted by Gasteiger charge is -2.12. The van der Waals surface area contributed by atoms with Gasteiger partial charge in [0.25, 0.3) is 0 Å². The van der Waals surface area contributed by atoms with Gasteiger partial charge in [0.2, 0.25) is 5.78 Å². The van der Waals surface area contributed by atoms with Gasteiger partial charge in [-0.3, -0.25) is 4.79 Å². The lowest BCUT2D eigenvalue weighted by Crippen LogP contribution is -2.16. The molecule has 0 aliphatic carbocycles. The van der Waals surface area contributed by atoms with Crippen LogP contribution in [0.5, 0.6) is 0 Å². The molecule has 0 aliphatic heterocycles. The number of ketones is 1. The van der Waals surface area contributed by atoms with Crippen LogP contribution in [0.3, 0.4) is 0 Å². The van der Waals surface area contributed by atoms with Gasteiger partial charge in [-0.1, -0.05) is 31.9 Å². The van der Waals surface area contributed by atoms with Crippen LogP contribution in [0.4, 0.5) is 26.3 Å². The number of carbonyl (C=O) groups excluding carboxylic acids is 1. The first-order chi connectivity index (χ1) is 11.2. The predicted molar refractivity (Wildman–Crippen MR) is 81.3 cm³/mol. The molecule has 0 unspecified atom stereocenters. The lowest BCUT2D eigenvalue weighted by molar-refractivity contribution is 0.102. The monoisotopic (exact) mass is 474 g/mol. The first kappa shape index (κ1) is 19.0. The van der Waals surface area contributed by atoms with Gasteiger partial charge in [-0.05, 0) is 0 Å². The Kier molecular flexibility index (Phi) is 5.74. The minimum Gasteiger partial charge on any atom is -0.288 e. The van der Waals surface area contributed by atoms with Gasteiger partial charge in [0.1, 0.15) is 34.9 Å². The van der Waals surface area contributed by atoms with E-state index >= 15 is 0 Å². The quantitative estimate of drug-likeness (QED) is 0.322. The van der Waals surface area contributed by atoms with Crippen molar-refractivity contribution >= 4 is 37.6 Å². The molecule has 0 aliphatic rings. The first-order valence-electron chi connectivity index (χ1n) is 6.23. The summed E-state index contributed by atoms with van der Waals surface area (Å²) in [4.78, 5) is 12.3. The van der Waals surface area contributed by atoms with E-state index in [1.54, 1.807) is 0 Å². The Bertz CT molecular complexity index is 770. The van der Waals surface area contributed by atoms with Crippen molar-refractivity contribution in [1.29, 1.82) is 0 Å². The van der Waals surface area contributed by atoms with Crippen LogP contribution < -0.4 is 0 Å². The molecule has 2 aromatic rings. The van der Waals surface area contributed by atoms with Crippen molar-refractivity contribution in [1.82, 2.24) is 0 Å². The maximum absolute atomic E-state index is 14.2. The highest BCUT2D eigenvalue weighted by molar-refractivity contribution is 9.08. The van der Waals surface area contributed by atoms with Crippen LogP contribution in [-0.2, 0) is 10.7 Å². The minimum atomic E-state index is -1.69. The third kappa shape index (κ3) is 3.11. The van der Waals surface area contributed by atoms with E-state index in [1.165, 1.54) is 0 Å². The van der Waals surface area contributed by atoms with E-state index in [0.29, 0.717) is 0 Å². The summed E-state index contributed by atoms with van der Waals surface area (Å²) in [5.41, 5.74) is -4.00. The summed E-state index contributed by atoms with van der Waals surface area (Å²) in [6.45, 7) is 0. The van der Waals surface area contributed by atoms with Gasteiger partial charge in [0, 0.05) is 33.9 Å². The van der Waals surface area contributed by atoms with E-state index in [0.717, 1.165) is 0 Å². The van der Waals surface area contributed by atoms with Gasteiger partial charge in [-0.25, -0.2) is 26.3 Å². The largest absolute Gasteiger partial charge is 0.288 e. The summed E-state index contributed by atoms with van der Waals surface area (Å²) in [6.07, 6.45) is 0. The molecule has 0 radical (unpaired) electrons. The molecule has 9 heteroatoms. The normalized spacial score (nSPS) is 11.0. The third-order valence-electron chi connectivity index (χ3n) is 3.25. The number of alkyl halides is 2. The van der Waals surface area contributed by atoms with E-state index in [-0.39, 0.29) is 12.1 Å². The minimum absolute atomic E-state index is 0.234. The molecule has 0 fully saturated rings. The third-order valence-corrected chi connectivity index (χ3v) is 4.37. The highest BCUT2D eigenvalue weighted by Gasteiger charge is 2.30. The Labute approximate surface area is 148 Å². The molecule has 0 bridgehead atoms. The van der Waals surface area contributed by atoms with Crippen molar-refractivity contribution in [2.75, 3.05) is 0 Å². The second-order valence-corrected chi connectivity index (χ2v) is 5.73. The van der Waals surface area contributed by atoms with Gasteiger partial charge in [-0.2, -0.15) is 0 Å². The second-order valence-electron chi connectivity index (χ2n) is 4.61. The smallest absolute Gasteiger partial charge is 0.204 e. The Balaban J connectivity index is 2.76. The van der Waals surface area contributed by atoms with E-state index in [4.69, 9.17) is 0 Å². The Morgan fingerprint density at radius 2 is 1.04 bits per heavy atom. The Morgan fingerprint density at radius 1 is 0.708 bits per heavy atom. The molecule has 0 spiro atoms. The van der Waals surface area contributed by atoms with Gasteiger partial charge in [0.05, 0.1) is 11.1 Å². The molecular formula is C15H6Br2F6O. The van der Waals surface area contributed by atoms with Gasteiger partial charge >= 0.3 is 0 Å². The van der Waals surface area contributed by atoms with Crippen molar-refractivity contribution in [3.8, 4) is 0 Å². The van der Waals surface area contributed by atoms with Crippen molar-refractivity contribution in [3.05, 3.63) is 69.3 Å². The molecule has 1 nitrogen and oxygen atoms in total. The van der Waals surface area contributed by atoms with Crippen molar-refractivity contribution in [2.45, 2.75) is 10.7 Å². The van der Waals surface area contributed by atoms with E-state index < -0.39 is 73.6 Å². The summed E-state index contributed by atoms with van der Waals surface area (Å²) in [5.74, 6) is -10.6. The van der Waals surface area contributed by atoms with Crippen LogP contribution in [0.25, 0.3) is 0 Å².